The molecule has 5 unspecified atom stereocenters. The Morgan fingerprint density at radius 2 is 1.73 bits per heavy atom. The highest BCUT2D eigenvalue weighted by molar-refractivity contribution is 5.37. The molecule has 144 valence electrons. The smallest absolute Gasteiger partial charge is 0.126 e. The molecule has 0 spiro atoms. The lowest BCUT2D eigenvalue weighted by atomic mass is 9.63. The molecule has 1 aromatic rings. The first-order valence-corrected chi connectivity index (χ1v) is 11.5. The van der Waals surface area contributed by atoms with Crippen molar-refractivity contribution in [1.82, 2.24) is 0 Å². The monoisotopic (exact) mass is 356 g/mol. The number of halogens is 1. The van der Waals surface area contributed by atoms with Crippen molar-refractivity contribution in [2.45, 2.75) is 96.8 Å². The number of fused-ring (bicyclic) bond motifs is 2. The van der Waals surface area contributed by atoms with E-state index in [1.165, 1.54) is 75.3 Å². The van der Waals surface area contributed by atoms with Crippen LogP contribution in [0, 0.1) is 29.5 Å². The van der Waals surface area contributed by atoms with Gasteiger partial charge in [-0.1, -0.05) is 45.6 Å². The van der Waals surface area contributed by atoms with Crippen molar-refractivity contribution < 1.29 is 4.39 Å². The van der Waals surface area contributed by atoms with Crippen LogP contribution < -0.4 is 0 Å². The second-order valence-corrected chi connectivity index (χ2v) is 9.66. The van der Waals surface area contributed by atoms with Crippen molar-refractivity contribution in [3.05, 3.63) is 34.6 Å². The first-order valence-electron chi connectivity index (χ1n) is 11.5. The largest absolute Gasteiger partial charge is 0.207 e. The summed E-state index contributed by atoms with van der Waals surface area (Å²) in [5.74, 6) is 4.27. The SMILES string of the molecule is CCCC1CCC2CC(c3cc(F)c4c(c3)CCC(CC)C4)CCC2C1. The molecule has 0 bridgehead atoms. The minimum Gasteiger partial charge on any atom is -0.207 e. The van der Waals surface area contributed by atoms with Gasteiger partial charge in [0.15, 0.2) is 0 Å². The van der Waals surface area contributed by atoms with Crippen LogP contribution in [0.15, 0.2) is 12.1 Å². The lowest BCUT2D eigenvalue weighted by molar-refractivity contribution is 0.114. The average molecular weight is 357 g/mol. The maximum Gasteiger partial charge on any atom is 0.126 e. The Labute approximate surface area is 160 Å². The van der Waals surface area contributed by atoms with Crippen LogP contribution in [0.2, 0.25) is 0 Å². The van der Waals surface area contributed by atoms with Gasteiger partial charge < -0.3 is 0 Å². The summed E-state index contributed by atoms with van der Waals surface area (Å²) in [6, 6.07) is 4.32. The zero-order valence-corrected chi connectivity index (χ0v) is 16.9. The molecule has 26 heavy (non-hydrogen) atoms. The van der Waals surface area contributed by atoms with Gasteiger partial charge in [0.05, 0.1) is 0 Å². The van der Waals surface area contributed by atoms with Crippen LogP contribution in [-0.4, -0.2) is 0 Å². The van der Waals surface area contributed by atoms with E-state index < -0.39 is 0 Å². The van der Waals surface area contributed by atoms with E-state index >= 15 is 0 Å². The van der Waals surface area contributed by atoms with Crippen molar-refractivity contribution in [3.8, 4) is 0 Å². The summed E-state index contributed by atoms with van der Waals surface area (Å²) in [6.07, 6.45) is 15.6. The highest BCUT2D eigenvalue weighted by Crippen LogP contribution is 2.48. The molecular formula is C25H37F. The zero-order chi connectivity index (χ0) is 18.1. The summed E-state index contributed by atoms with van der Waals surface area (Å²) in [5.41, 5.74) is 3.70. The van der Waals surface area contributed by atoms with Crippen LogP contribution >= 0.6 is 0 Å². The molecule has 5 atom stereocenters. The molecule has 0 aromatic heterocycles. The van der Waals surface area contributed by atoms with Gasteiger partial charge in [-0.05, 0) is 104 Å². The summed E-state index contributed by atoms with van der Waals surface area (Å²) < 4.78 is 14.9. The normalized spacial score (nSPS) is 34.2. The van der Waals surface area contributed by atoms with E-state index in [1.54, 1.807) is 0 Å². The van der Waals surface area contributed by atoms with Crippen LogP contribution in [0.25, 0.3) is 0 Å². The van der Waals surface area contributed by atoms with Gasteiger partial charge in [-0.25, -0.2) is 4.39 Å². The highest BCUT2D eigenvalue weighted by atomic mass is 19.1. The number of aryl methyl sites for hydroxylation is 1. The highest BCUT2D eigenvalue weighted by Gasteiger charge is 2.36. The van der Waals surface area contributed by atoms with Crippen LogP contribution in [0.3, 0.4) is 0 Å². The van der Waals surface area contributed by atoms with Gasteiger partial charge in [-0.3, -0.25) is 0 Å². The molecule has 0 N–H and O–H groups in total. The number of hydrogen-bond donors (Lipinski definition) is 0. The van der Waals surface area contributed by atoms with E-state index in [1.807, 2.05) is 6.07 Å². The molecule has 0 heterocycles. The third-order valence-electron chi connectivity index (χ3n) is 8.09. The van der Waals surface area contributed by atoms with Gasteiger partial charge in [-0.2, -0.15) is 0 Å². The predicted octanol–water partition coefficient (Wildman–Crippen LogP) is 7.44. The Morgan fingerprint density at radius 3 is 2.54 bits per heavy atom. The molecule has 3 aliphatic carbocycles. The van der Waals surface area contributed by atoms with E-state index in [-0.39, 0.29) is 5.82 Å². The third-order valence-corrected chi connectivity index (χ3v) is 8.09. The molecule has 3 aliphatic rings. The summed E-state index contributed by atoms with van der Waals surface area (Å²) in [4.78, 5) is 0. The summed E-state index contributed by atoms with van der Waals surface area (Å²) in [7, 11) is 0. The molecular weight excluding hydrogens is 319 g/mol. The van der Waals surface area contributed by atoms with E-state index in [4.69, 9.17) is 0 Å². The fraction of sp³-hybridized carbons (Fsp3) is 0.760. The molecule has 0 radical (unpaired) electrons. The maximum atomic E-state index is 14.9. The second kappa shape index (κ2) is 8.03. The molecule has 0 aliphatic heterocycles. The van der Waals surface area contributed by atoms with E-state index in [9.17, 15) is 4.39 Å². The number of hydrogen-bond acceptors (Lipinski definition) is 0. The van der Waals surface area contributed by atoms with E-state index in [2.05, 4.69) is 19.9 Å². The molecule has 0 saturated heterocycles. The van der Waals surface area contributed by atoms with Gasteiger partial charge in [0.1, 0.15) is 5.82 Å². The zero-order valence-electron chi connectivity index (χ0n) is 16.9. The standard InChI is InChI=1S/C25H37F/c1-3-5-18-7-8-20-14-21(11-10-19(20)12-18)23-15-22-9-6-17(4-2)13-24(22)25(26)16-23/h15-21H,3-14H2,1-2H3. The van der Waals surface area contributed by atoms with Crippen molar-refractivity contribution in [2.24, 2.45) is 23.7 Å². The minimum atomic E-state index is 0.101. The molecule has 1 heteroatoms. The predicted molar refractivity (Wildman–Crippen MR) is 108 cm³/mol. The summed E-state index contributed by atoms with van der Waals surface area (Å²) in [5, 5.41) is 0. The van der Waals surface area contributed by atoms with Crippen LogP contribution in [0.4, 0.5) is 4.39 Å². The van der Waals surface area contributed by atoms with Crippen molar-refractivity contribution in [3.63, 3.8) is 0 Å². The van der Waals surface area contributed by atoms with Gasteiger partial charge >= 0.3 is 0 Å². The maximum absolute atomic E-state index is 14.9. The number of benzene rings is 1. The summed E-state index contributed by atoms with van der Waals surface area (Å²) >= 11 is 0. The second-order valence-electron chi connectivity index (χ2n) is 9.66. The van der Waals surface area contributed by atoms with Crippen LogP contribution in [0.1, 0.15) is 101 Å². The van der Waals surface area contributed by atoms with E-state index in [0.717, 1.165) is 36.2 Å². The summed E-state index contributed by atoms with van der Waals surface area (Å²) in [6.45, 7) is 4.58. The van der Waals surface area contributed by atoms with Crippen molar-refractivity contribution in [1.29, 1.82) is 0 Å². The minimum absolute atomic E-state index is 0.101. The van der Waals surface area contributed by atoms with Gasteiger partial charge in [-0.15, -0.1) is 0 Å². The molecule has 2 fully saturated rings. The van der Waals surface area contributed by atoms with Gasteiger partial charge in [0.25, 0.3) is 0 Å². The Hall–Kier alpha value is -0.850. The van der Waals surface area contributed by atoms with Gasteiger partial charge in [0.2, 0.25) is 0 Å². The molecule has 4 rings (SSSR count). The molecule has 1 aromatic carbocycles. The number of rotatable bonds is 4. The fourth-order valence-corrected chi connectivity index (χ4v) is 6.46. The van der Waals surface area contributed by atoms with Crippen molar-refractivity contribution in [2.75, 3.05) is 0 Å². The first-order chi connectivity index (χ1) is 12.7. The third kappa shape index (κ3) is 3.73. The van der Waals surface area contributed by atoms with Crippen LogP contribution in [-0.2, 0) is 12.8 Å². The van der Waals surface area contributed by atoms with E-state index in [0.29, 0.717) is 11.8 Å². The fourth-order valence-electron chi connectivity index (χ4n) is 6.46. The average Bonchev–Trinajstić information content (AvgIpc) is 2.67. The Morgan fingerprint density at radius 1 is 0.923 bits per heavy atom. The molecule has 2 saturated carbocycles. The first kappa shape index (κ1) is 18.5. The van der Waals surface area contributed by atoms with Crippen molar-refractivity contribution >= 4 is 0 Å². The Balaban J connectivity index is 1.46. The molecule has 0 nitrogen and oxygen atoms in total. The lowest BCUT2D eigenvalue weighted by Gasteiger charge is -2.42. The molecule has 0 amide bonds. The quantitative estimate of drug-likeness (QED) is 0.526. The Kier molecular flexibility index (Phi) is 5.72. The van der Waals surface area contributed by atoms with Gasteiger partial charge in [0, 0.05) is 0 Å². The topological polar surface area (TPSA) is 0 Å². The lowest BCUT2D eigenvalue weighted by Crippen LogP contribution is -2.30. The Bertz CT molecular complexity index is 619. The van der Waals surface area contributed by atoms with Crippen LogP contribution in [0.5, 0.6) is 0 Å².